The number of hydrogen-bond acceptors (Lipinski definition) is 3. The molecule has 1 N–H and O–H groups in total. The Morgan fingerprint density at radius 2 is 2.00 bits per heavy atom. The first-order valence-corrected chi connectivity index (χ1v) is 4.28. The number of hydrogen-bond donors (Lipinski definition) is 1. The second kappa shape index (κ2) is 4.50. The normalized spacial score (nSPS) is 15.6. The van der Waals surface area contributed by atoms with Crippen LogP contribution in [-0.2, 0) is 14.4 Å². The van der Waals surface area contributed by atoms with Gasteiger partial charge in [-0.1, -0.05) is 0 Å². The molecule has 74 valence electrons. The maximum Gasteiger partial charge on any atom is 0.303 e. The van der Waals surface area contributed by atoms with E-state index in [1.165, 1.54) is 18.2 Å². The number of aliphatic carboxylic acids is 1. The van der Waals surface area contributed by atoms with Gasteiger partial charge < -0.3 is 5.11 Å². The molecule has 0 saturated heterocycles. The molecule has 0 radical (unpaired) electrons. The first kappa shape index (κ1) is 10.4. The van der Waals surface area contributed by atoms with Crippen molar-refractivity contribution in [2.75, 3.05) is 0 Å². The first-order chi connectivity index (χ1) is 6.59. The molecule has 0 aromatic rings. The number of ketones is 2. The molecule has 0 heterocycles. The topological polar surface area (TPSA) is 71.4 Å². The Bertz CT molecular complexity index is 336. The van der Waals surface area contributed by atoms with Gasteiger partial charge in [-0.05, 0) is 31.1 Å². The molecule has 0 amide bonds. The lowest BCUT2D eigenvalue weighted by Crippen LogP contribution is -2.08. The molecule has 1 aliphatic carbocycles. The van der Waals surface area contributed by atoms with Crippen LogP contribution < -0.4 is 0 Å². The standard InChI is InChI=1S/C10H10O4/c11-8-4-5-9(12)7(6-8)2-1-3-10(13)14/h4-6H,1-3H2,(H,13,14). The van der Waals surface area contributed by atoms with Gasteiger partial charge in [-0.15, -0.1) is 0 Å². The Morgan fingerprint density at radius 3 is 2.64 bits per heavy atom. The Morgan fingerprint density at radius 1 is 1.29 bits per heavy atom. The van der Waals surface area contributed by atoms with E-state index < -0.39 is 5.97 Å². The number of carboxylic acids is 1. The molecule has 0 unspecified atom stereocenters. The van der Waals surface area contributed by atoms with Gasteiger partial charge in [0.05, 0.1) is 0 Å². The lowest BCUT2D eigenvalue weighted by atomic mass is 9.98. The third kappa shape index (κ3) is 2.97. The van der Waals surface area contributed by atoms with Gasteiger partial charge in [0.25, 0.3) is 0 Å². The van der Waals surface area contributed by atoms with E-state index in [-0.39, 0.29) is 18.0 Å². The van der Waals surface area contributed by atoms with Crippen LogP contribution in [-0.4, -0.2) is 22.6 Å². The molecule has 4 nitrogen and oxygen atoms in total. The van der Waals surface area contributed by atoms with E-state index in [0.717, 1.165) is 0 Å². The molecule has 0 saturated carbocycles. The fourth-order valence-electron chi connectivity index (χ4n) is 1.18. The summed E-state index contributed by atoms with van der Waals surface area (Å²) in [4.78, 5) is 32.2. The van der Waals surface area contributed by atoms with Crippen molar-refractivity contribution in [1.82, 2.24) is 0 Å². The largest absolute Gasteiger partial charge is 0.481 e. The van der Waals surface area contributed by atoms with E-state index >= 15 is 0 Å². The smallest absolute Gasteiger partial charge is 0.303 e. The van der Waals surface area contributed by atoms with Crippen LogP contribution in [0.25, 0.3) is 0 Å². The summed E-state index contributed by atoms with van der Waals surface area (Å²) in [5.41, 5.74) is 0.402. The van der Waals surface area contributed by atoms with Gasteiger partial charge in [0, 0.05) is 12.0 Å². The number of carbonyl (C=O) groups excluding carboxylic acids is 2. The second-order valence-electron chi connectivity index (χ2n) is 3.02. The minimum absolute atomic E-state index is 0.0164. The number of rotatable bonds is 4. The third-order valence-electron chi connectivity index (χ3n) is 1.87. The Kier molecular flexibility index (Phi) is 3.34. The van der Waals surface area contributed by atoms with Gasteiger partial charge in [0.1, 0.15) is 0 Å². The molecule has 0 atom stereocenters. The second-order valence-corrected chi connectivity index (χ2v) is 3.02. The summed E-state index contributed by atoms with van der Waals surface area (Å²) in [7, 11) is 0. The average Bonchev–Trinajstić information content (AvgIpc) is 2.10. The minimum Gasteiger partial charge on any atom is -0.481 e. The number of carbonyl (C=O) groups is 3. The van der Waals surface area contributed by atoms with Gasteiger partial charge in [0.15, 0.2) is 11.6 Å². The zero-order valence-corrected chi connectivity index (χ0v) is 7.53. The maximum atomic E-state index is 11.2. The predicted molar refractivity (Wildman–Crippen MR) is 48.7 cm³/mol. The van der Waals surface area contributed by atoms with E-state index in [4.69, 9.17) is 5.11 Å². The van der Waals surface area contributed by atoms with Crippen molar-refractivity contribution < 1.29 is 19.5 Å². The van der Waals surface area contributed by atoms with Crippen LogP contribution in [0.3, 0.4) is 0 Å². The Hall–Kier alpha value is -1.71. The monoisotopic (exact) mass is 194 g/mol. The SMILES string of the molecule is O=C1C=CC(=O)C(CCCC(=O)O)=C1. The number of allylic oxidation sites excluding steroid dienone is 4. The molecular formula is C10H10O4. The summed E-state index contributed by atoms with van der Waals surface area (Å²) in [6.45, 7) is 0. The zero-order chi connectivity index (χ0) is 10.6. The van der Waals surface area contributed by atoms with Crippen molar-refractivity contribution in [1.29, 1.82) is 0 Å². The highest BCUT2D eigenvalue weighted by molar-refractivity contribution is 6.17. The maximum absolute atomic E-state index is 11.2. The van der Waals surface area contributed by atoms with Gasteiger partial charge in [-0.3, -0.25) is 14.4 Å². The fraction of sp³-hybridized carbons (Fsp3) is 0.300. The summed E-state index contributed by atoms with van der Waals surface area (Å²) < 4.78 is 0. The summed E-state index contributed by atoms with van der Waals surface area (Å²) in [5, 5.41) is 8.38. The summed E-state index contributed by atoms with van der Waals surface area (Å²) >= 11 is 0. The number of carboxylic acid groups (broad SMARTS) is 1. The van der Waals surface area contributed by atoms with Crippen molar-refractivity contribution in [2.24, 2.45) is 0 Å². The van der Waals surface area contributed by atoms with Crippen molar-refractivity contribution in [3.05, 3.63) is 23.8 Å². The third-order valence-corrected chi connectivity index (χ3v) is 1.87. The predicted octanol–water partition coefficient (Wildman–Crippen LogP) is 0.876. The van der Waals surface area contributed by atoms with Gasteiger partial charge >= 0.3 is 5.97 Å². The Labute approximate surface area is 80.9 Å². The zero-order valence-electron chi connectivity index (χ0n) is 7.53. The fourth-order valence-corrected chi connectivity index (χ4v) is 1.18. The molecule has 0 spiro atoms. The molecule has 0 bridgehead atoms. The average molecular weight is 194 g/mol. The molecule has 0 aromatic carbocycles. The minimum atomic E-state index is -0.893. The quantitative estimate of drug-likeness (QED) is 0.674. The van der Waals surface area contributed by atoms with Crippen molar-refractivity contribution in [3.8, 4) is 0 Å². The highest BCUT2D eigenvalue weighted by Crippen LogP contribution is 2.12. The van der Waals surface area contributed by atoms with Gasteiger partial charge in [-0.25, -0.2) is 0 Å². The molecule has 0 fully saturated rings. The molecule has 1 aliphatic rings. The van der Waals surface area contributed by atoms with E-state index in [0.29, 0.717) is 18.4 Å². The molecule has 0 aliphatic heterocycles. The first-order valence-electron chi connectivity index (χ1n) is 4.28. The Balaban J connectivity index is 2.48. The molecular weight excluding hydrogens is 184 g/mol. The highest BCUT2D eigenvalue weighted by Gasteiger charge is 2.12. The summed E-state index contributed by atoms with van der Waals surface area (Å²) in [5.74, 6) is -1.30. The lowest BCUT2D eigenvalue weighted by Gasteiger charge is -2.04. The van der Waals surface area contributed by atoms with Crippen molar-refractivity contribution >= 4 is 17.5 Å². The molecule has 14 heavy (non-hydrogen) atoms. The van der Waals surface area contributed by atoms with Crippen molar-refractivity contribution in [2.45, 2.75) is 19.3 Å². The molecule has 0 aromatic heterocycles. The summed E-state index contributed by atoms with van der Waals surface area (Å²) in [6, 6.07) is 0. The van der Waals surface area contributed by atoms with E-state index in [2.05, 4.69) is 0 Å². The van der Waals surface area contributed by atoms with E-state index in [1.54, 1.807) is 0 Å². The van der Waals surface area contributed by atoms with Crippen LogP contribution in [0.4, 0.5) is 0 Å². The van der Waals surface area contributed by atoms with Crippen LogP contribution in [0.15, 0.2) is 23.8 Å². The van der Waals surface area contributed by atoms with Crippen LogP contribution in [0.1, 0.15) is 19.3 Å². The molecule has 4 heteroatoms. The van der Waals surface area contributed by atoms with Crippen LogP contribution in [0.5, 0.6) is 0 Å². The van der Waals surface area contributed by atoms with Crippen LogP contribution >= 0.6 is 0 Å². The van der Waals surface area contributed by atoms with E-state index in [1.807, 2.05) is 0 Å². The van der Waals surface area contributed by atoms with Gasteiger partial charge in [-0.2, -0.15) is 0 Å². The lowest BCUT2D eigenvalue weighted by molar-refractivity contribution is -0.137. The highest BCUT2D eigenvalue weighted by atomic mass is 16.4. The van der Waals surface area contributed by atoms with Crippen molar-refractivity contribution in [3.63, 3.8) is 0 Å². The van der Waals surface area contributed by atoms with Gasteiger partial charge in [0.2, 0.25) is 0 Å². The summed E-state index contributed by atoms with van der Waals surface area (Å²) in [6.07, 6.45) is 4.45. The molecule has 1 rings (SSSR count). The van der Waals surface area contributed by atoms with Crippen LogP contribution in [0, 0.1) is 0 Å². The van der Waals surface area contributed by atoms with Crippen LogP contribution in [0.2, 0.25) is 0 Å². The van der Waals surface area contributed by atoms with E-state index in [9.17, 15) is 14.4 Å².